The molecule has 0 unspecified atom stereocenters. The van der Waals surface area contributed by atoms with Crippen LogP contribution in [0.25, 0.3) is 0 Å². The predicted octanol–water partition coefficient (Wildman–Crippen LogP) is 3.34. The number of aliphatic hydroxyl groups excluding tert-OH is 1. The Morgan fingerprint density at radius 3 is 2.14 bits per heavy atom. The molecule has 0 aromatic heterocycles. The number of rotatable bonds is 2. The first-order valence-electron chi connectivity index (χ1n) is 7.58. The van der Waals surface area contributed by atoms with E-state index < -0.39 is 26.2 Å². The fraction of sp³-hybridized carbons (Fsp3) is 0.933. The number of nitrogens with zero attached hydrogens (tertiary/aromatic N) is 1. The molecule has 5 nitrogen and oxygen atoms in total. The maximum Gasteiger partial charge on any atom is 0.412 e. The second-order valence-electron chi connectivity index (χ2n) is 8.35. The van der Waals surface area contributed by atoms with E-state index in [1.54, 1.807) is 0 Å². The van der Waals surface area contributed by atoms with Gasteiger partial charge >= 0.3 is 6.09 Å². The molecule has 1 heterocycles. The van der Waals surface area contributed by atoms with Gasteiger partial charge in [-0.25, -0.2) is 4.79 Å². The van der Waals surface area contributed by atoms with Gasteiger partial charge < -0.3 is 14.3 Å². The van der Waals surface area contributed by atoms with Crippen molar-refractivity contribution in [2.24, 2.45) is 0 Å². The van der Waals surface area contributed by atoms with Crippen LogP contribution in [-0.2, 0) is 9.16 Å². The highest BCUT2D eigenvalue weighted by Crippen LogP contribution is 2.38. The molecule has 1 aliphatic rings. The number of likely N-dealkylation sites (tertiary alicyclic amines) is 1. The topological polar surface area (TPSA) is 59.0 Å². The first-order chi connectivity index (χ1) is 9.23. The largest absolute Gasteiger partial charge is 0.444 e. The Bertz CT molecular complexity index is 384. The first kappa shape index (κ1) is 18.5. The van der Waals surface area contributed by atoms with E-state index >= 15 is 0 Å². The van der Waals surface area contributed by atoms with E-state index in [0.29, 0.717) is 13.0 Å². The second kappa shape index (κ2) is 5.89. The molecule has 6 heteroatoms. The number of ether oxygens (including phenoxy) is 1. The molecule has 0 aromatic rings. The van der Waals surface area contributed by atoms with Gasteiger partial charge in [0.2, 0.25) is 0 Å². The zero-order chi connectivity index (χ0) is 16.6. The van der Waals surface area contributed by atoms with Gasteiger partial charge in [0, 0.05) is 6.42 Å². The number of amides is 1. The van der Waals surface area contributed by atoms with Crippen molar-refractivity contribution >= 4 is 14.4 Å². The summed E-state index contributed by atoms with van der Waals surface area (Å²) in [6, 6.07) is 0. The van der Waals surface area contributed by atoms with Gasteiger partial charge in [-0.2, -0.15) is 0 Å². The summed E-state index contributed by atoms with van der Waals surface area (Å²) in [5, 5.41) is 10.2. The quantitative estimate of drug-likeness (QED) is 0.794. The molecule has 1 N–H and O–H groups in total. The summed E-state index contributed by atoms with van der Waals surface area (Å²) in [4.78, 5) is 13.4. The van der Waals surface area contributed by atoms with Crippen molar-refractivity contribution < 1.29 is 19.1 Å². The maximum absolute atomic E-state index is 12.1. The number of aliphatic hydroxyl groups is 1. The standard InChI is InChI=1S/C15H31NO4Si/c1-14(2,3)19-13(18)16-10-11(9-12(16)17)20-21(7,8)15(4,5)6/h11-12,17H,9-10H2,1-8H3/t11-,12-/m0/s1. The zero-order valence-electron chi connectivity index (χ0n) is 14.7. The molecule has 0 radical (unpaired) electrons. The Hall–Kier alpha value is -0.593. The molecule has 0 bridgehead atoms. The lowest BCUT2D eigenvalue weighted by Crippen LogP contribution is -2.45. The predicted molar refractivity (Wildman–Crippen MR) is 85.6 cm³/mol. The lowest BCUT2D eigenvalue weighted by molar-refractivity contribution is -0.0129. The highest BCUT2D eigenvalue weighted by Gasteiger charge is 2.43. The third kappa shape index (κ3) is 4.97. The number of hydrogen-bond donors (Lipinski definition) is 1. The minimum Gasteiger partial charge on any atom is -0.444 e. The third-order valence-electron chi connectivity index (χ3n) is 4.13. The van der Waals surface area contributed by atoms with E-state index in [-0.39, 0.29) is 11.1 Å². The van der Waals surface area contributed by atoms with Crippen LogP contribution >= 0.6 is 0 Å². The Morgan fingerprint density at radius 1 is 1.19 bits per heavy atom. The van der Waals surface area contributed by atoms with Crippen molar-refractivity contribution in [3.63, 3.8) is 0 Å². The summed E-state index contributed by atoms with van der Waals surface area (Å²) < 4.78 is 11.6. The lowest BCUT2D eigenvalue weighted by Gasteiger charge is -2.38. The molecule has 1 amide bonds. The molecule has 1 saturated heterocycles. The molecule has 1 aliphatic heterocycles. The van der Waals surface area contributed by atoms with Crippen LogP contribution in [0.15, 0.2) is 0 Å². The van der Waals surface area contributed by atoms with Gasteiger partial charge in [0.05, 0.1) is 12.6 Å². The Labute approximate surface area is 129 Å². The zero-order valence-corrected chi connectivity index (χ0v) is 15.7. The average molecular weight is 318 g/mol. The van der Waals surface area contributed by atoms with Gasteiger partial charge in [0.15, 0.2) is 8.32 Å². The van der Waals surface area contributed by atoms with E-state index in [0.717, 1.165) is 0 Å². The van der Waals surface area contributed by atoms with Gasteiger partial charge in [0.25, 0.3) is 0 Å². The molecule has 0 aliphatic carbocycles. The highest BCUT2D eigenvalue weighted by molar-refractivity contribution is 6.74. The number of carbonyl (C=O) groups excluding carboxylic acids is 1. The van der Waals surface area contributed by atoms with Crippen LogP contribution in [0, 0.1) is 0 Å². The van der Waals surface area contributed by atoms with Gasteiger partial charge in [-0.05, 0) is 38.9 Å². The summed E-state index contributed by atoms with van der Waals surface area (Å²) >= 11 is 0. The van der Waals surface area contributed by atoms with E-state index in [4.69, 9.17) is 9.16 Å². The molecule has 2 atom stereocenters. The third-order valence-corrected chi connectivity index (χ3v) is 8.66. The van der Waals surface area contributed by atoms with Crippen molar-refractivity contribution in [1.82, 2.24) is 4.90 Å². The van der Waals surface area contributed by atoms with Gasteiger partial charge in [0.1, 0.15) is 11.8 Å². The molecule has 21 heavy (non-hydrogen) atoms. The highest BCUT2D eigenvalue weighted by atomic mass is 28.4. The van der Waals surface area contributed by atoms with Crippen LogP contribution in [0.1, 0.15) is 48.0 Å². The molecule has 0 spiro atoms. The van der Waals surface area contributed by atoms with Gasteiger partial charge in [-0.15, -0.1) is 0 Å². The van der Waals surface area contributed by atoms with Crippen molar-refractivity contribution in [2.45, 2.75) is 84.0 Å². The minimum absolute atomic E-state index is 0.108. The molecule has 1 fully saturated rings. The lowest BCUT2D eigenvalue weighted by atomic mass is 10.2. The smallest absolute Gasteiger partial charge is 0.412 e. The molecule has 124 valence electrons. The average Bonchev–Trinajstić information content (AvgIpc) is 2.54. The number of hydrogen-bond acceptors (Lipinski definition) is 4. The normalized spacial score (nSPS) is 24.3. The monoisotopic (exact) mass is 317 g/mol. The van der Waals surface area contributed by atoms with Crippen molar-refractivity contribution in [3.8, 4) is 0 Å². The van der Waals surface area contributed by atoms with E-state index in [1.807, 2.05) is 20.8 Å². The summed E-state index contributed by atoms with van der Waals surface area (Å²) in [6.45, 7) is 16.7. The molecule has 0 saturated carbocycles. The summed E-state index contributed by atoms with van der Waals surface area (Å²) in [6.07, 6.45) is -0.967. The van der Waals surface area contributed by atoms with E-state index in [1.165, 1.54) is 4.90 Å². The SMILES string of the molecule is CC(C)(C)OC(=O)N1C[C@@H](O[Si](C)(C)C(C)(C)C)C[C@@H]1O. The summed E-state index contributed by atoms with van der Waals surface area (Å²) in [5.74, 6) is 0. The molecule has 1 rings (SSSR count). The van der Waals surface area contributed by atoms with Crippen LogP contribution < -0.4 is 0 Å². The van der Waals surface area contributed by atoms with Crippen molar-refractivity contribution in [1.29, 1.82) is 0 Å². The van der Waals surface area contributed by atoms with E-state index in [2.05, 4.69) is 33.9 Å². The number of carbonyl (C=O) groups is 1. The van der Waals surface area contributed by atoms with Gasteiger partial charge in [-0.1, -0.05) is 20.8 Å². The Morgan fingerprint density at radius 2 is 1.71 bits per heavy atom. The molecular weight excluding hydrogens is 286 g/mol. The second-order valence-corrected chi connectivity index (χ2v) is 13.1. The summed E-state index contributed by atoms with van der Waals surface area (Å²) in [5.41, 5.74) is -0.560. The molecule has 0 aromatic carbocycles. The van der Waals surface area contributed by atoms with E-state index in [9.17, 15) is 9.90 Å². The van der Waals surface area contributed by atoms with Crippen LogP contribution in [0.5, 0.6) is 0 Å². The van der Waals surface area contributed by atoms with Gasteiger partial charge in [-0.3, -0.25) is 4.90 Å². The summed E-state index contributed by atoms with van der Waals surface area (Å²) in [7, 11) is -1.90. The van der Waals surface area contributed by atoms with Crippen LogP contribution in [0.2, 0.25) is 18.1 Å². The van der Waals surface area contributed by atoms with Crippen LogP contribution in [0.4, 0.5) is 4.79 Å². The molecular formula is C15H31NO4Si. The van der Waals surface area contributed by atoms with Crippen molar-refractivity contribution in [2.75, 3.05) is 6.54 Å². The first-order valence-corrected chi connectivity index (χ1v) is 10.5. The fourth-order valence-corrected chi connectivity index (χ4v) is 3.33. The maximum atomic E-state index is 12.1. The van der Waals surface area contributed by atoms with Crippen LogP contribution in [0.3, 0.4) is 0 Å². The fourth-order valence-electron chi connectivity index (χ4n) is 1.97. The Kier molecular flexibility index (Phi) is 5.18. The Balaban J connectivity index is 2.67. The van der Waals surface area contributed by atoms with Crippen LogP contribution in [-0.4, -0.2) is 48.9 Å². The minimum atomic E-state index is -1.90. The van der Waals surface area contributed by atoms with Crippen molar-refractivity contribution in [3.05, 3.63) is 0 Å².